The largest absolute Gasteiger partial charge is 0.341 e. The molecule has 1 heterocycles. The monoisotopic (exact) mass is 448 g/mol. The van der Waals surface area contributed by atoms with E-state index < -0.39 is 6.04 Å². The Bertz CT molecular complexity index is 966. The van der Waals surface area contributed by atoms with Crippen LogP contribution >= 0.6 is 0 Å². The number of amides is 2. The van der Waals surface area contributed by atoms with Gasteiger partial charge in [-0.1, -0.05) is 77.1 Å². The van der Waals surface area contributed by atoms with Gasteiger partial charge in [0.15, 0.2) is 5.78 Å². The van der Waals surface area contributed by atoms with Gasteiger partial charge in [0.05, 0.1) is 0 Å². The summed E-state index contributed by atoms with van der Waals surface area (Å²) in [5.74, 6) is -0.272. The smallest absolute Gasteiger partial charge is 0.251 e. The second-order valence-electron chi connectivity index (χ2n) is 10.4. The van der Waals surface area contributed by atoms with Crippen molar-refractivity contribution in [1.82, 2.24) is 10.2 Å². The number of benzene rings is 2. The molecule has 5 nitrogen and oxygen atoms in total. The zero-order valence-electron chi connectivity index (χ0n) is 20.4. The van der Waals surface area contributed by atoms with E-state index in [1.807, 2.05) is 68.4 Å². The molecule has 176 valence electrons. The number of piperidine rings is 1. The Morgan fingerprint density at radius 2 is 1.45 bits per heavy atom. The van der Waals surface area contributed by atoms with Gasteiger partial charge in [-0.25, -0.2) is 0 Å². The van der Waals surface area contributed by atoms with Gasteiger partial charge in [-0.2, -0.15) is 0 Å². The van der Waals surface area contributed by atoms with Crippen LogP contribution in [0.1, 0.15) is 73.7 Å². The van der Waals surface area contributed by atoms with Gasteiger partial charge in [-0.15, -0.1) is 0 Å². The molecule has 0 aliphatic carbocycles. The number of Topliss-reactive ketones (excluding diaryl/α,β-unsaturated/α-hetero) is 1. The minimum atomic E-state index is -0.596. The maximum atomic E-state index is 13.3. The third kappa shape index (κ3) is 6.10. The Morgan fingerprint density at radius 3 is 1.97 bits per heavy atom. The molecule has 0 bridgehead atoms. The first-order valence-corrected chi connectivity index (χ1v) is 11.9. The summed E-state index contributed by atoms with van der Waals surface area (Å²) in [5, 5.41) is 2.95. The second kappa shape index (κ2) is 10.3. The third-order valence-electron chi connectivity index (χ3n) is 6.47. The third-order valence-corrected chi connectivity index (χ3v) is 6.47. The average Bonchev–Trinajstić information content (AvgIpc) is 2.81. The fraction of sp³-hybridized carbons (Fsp3) is 0.464. The van der Waals surface area contributed by atoms with Gasteiger partial charge in [-0.3, -0.25) is 14.4 Å². The fourth-order valence-electron chi connectivity index (χ4n) is 4.26. The van der Waals surface area contributed by atoms with Crippen molar-refractivity contribution in [1.29, 1.82) is 0 Å². The normalized spacial score (nSPS) is 15.9. The Hall–Kier alpha value is -2.95. The summed E-state index contributed by atoms with van der Waals surface area (Å²) in [6, 6.07) is 16.3. The van der Waals surface area contributed by atoms with E-state index in [1.165, 1.54) is 0 Å². The maximum absolute atomic E-state index is 13.3. The molecule has 1 saturated heterocycles. The van der Waals surface area contributed by atoms with Crippen LogP contribution in [0.15, 0.2) is 54.6 Å². The van der Waals surface area contributed by atoms with Gasteiger partial charge in [0.2, 0.25) is 5.91 Å². The molecule has 1 aliphatic rings. The molecular formula is C28H36N2O3. The van der Waals surface area contributed by atoms with E-state index in [9.17, 15) is 14.4 Å². The molecule has 3 rings (SSSR count). The van der Waals surface area contributed by atoms with Crippen molar-refractivity contribution in [2.75, 3.05) is 13.1 Å². The summed E-state index contributed by atoms with van der Waals surface area (Å²) in [5.41, 5.74) is 2.45. The summed E-state index contributed by atoms with van der Waals surface area (Å²) >= 11 is 0. The van der Waals surface area contributed by atoms with E-state index in [-0.39, 0.29) is 34.8 Å². The van der Waals surface area contributed by atoms with Crippen molar-refractivity contribution in [3.63, 3.8) is 0 Å². The minimum Gasteiger partial charge on any atom is -0.341 e. The molecule has 5 heteroatoms. The Balaban J connectivity index is 1.61. The molecule has 33 heavy (non-hydrogen) atoms. The average molecular weight is 449 g/mol. The molecule has 0 radical (unpaired) electrons. The van der Waals surface area contributed by atoms with E-state index in [0.717, 1.165) is 11.1 Å². The van der Waals surface area contributed by atoms with Gasteiger partial charge in [-0.05, 0) is 41.9 Å². The molecule has 1 fully saturated rings. The molecule has 1 N–H and O–H groups in total. The van der Waals surface area contributed by atoms with Gasteiger partial charge in [0, 0.05) is 30.1 Å². The Kier molecular flexibility index (Phi) is 7.72. The first kappa shape index (κ1) is 24.7. The number of ketones is 1. The predicted molar refractivity (Wildman–Crippen MR) is 131 cm³/mol. The minimum absolute atomic E-state index is 0.0133. The van der Waals surface area contributed by atoms with Crippen LogP contribution in [0.2, 0.25) is 0 Å². The van der Waals surface area contributed by atoms with Crippen molar-refractivity contribution < 1.29 is 14.4 Å². The van der Waals surface area contributed by atoms with E-state index in [1.54, 1.807) is 4.90 Å². The number of hydrogen-bond donors (Lipinski definition) is 1. The number of carbonyl (C=O) groups is 3. The SMILES string of the molecule is CC(C)[C@@H](NC(=O)c1ccc(C(C)(C)C)cc1)C(=O)N1CCC(C(=O)c2ccccc2)CC1. The van der Waals surface area contributed by atoms with Gasteiger partial charge < -0.3 is 10.2 Å². The molecule has 0 unspecified atom stereocenters. The zero-order valence-corrected chi connectivity index (χ0v) is 20.4. The highest BCUT2D eigenvalue weighted by atomic mass is 16.2. The summed E-state index contributed by atoms with van der Waals surface area (Å²) in [6.45, 7) is 11.3. The summed E-state index contributed by atoms with van der Waals surface area (Å²) in [6.07, 6.45) is 1.29. The van der Waals surface area contributed by atoms with Gasteiger partial charge in [0.1, 0.15) is 6.04 Å². The lowest BCUT2D eigenvalue weighted by Gasteiger charge is -2.35. The van der Waals surface area contributed by atoms with Gasteiger partial charge >= 0.3 is 0 Å². The molecule has 0 aromatic heterocycles. The fourth-order valence-corrected chi connectivity index (χ4v) is 4.26. The first-order chi connectivity index (χ1) is 15.6. The summed E-state index contributed by atoms with van der Waals surface area (Å²) in [7, 11) is 0. The molecule has 1 aliphatic heterocycles. The molecule has 0 spiro atoms. The van der Waals surface area contributed by atoms with Crippen molar-refractivity contribution >= 4 is 17.6 Å². The van der Waals surface area contributed by atoms with Crippen LogP contribution in [0.5, 0.6) is 0 Å². The van der Waals surface area contributed by atoms with Crippen LogP contribution in [-0.4, -0.2) is 41.6 Å². The van der Waals surface area contributed by atoms with Crippen LogP contribution in [-0.2, 0) is 10.2 Å². The number of likely N-dealkylation sites (tertiary alicyclic amines) is 1. The Morgan fingerprint density at radius 1 is 0.879 bits per heavy atom. The van der Waals surface area contributed by atoms with E-state index >= 15 is 0 Å². The van der Waals surface area contributed by atoms with E-state index in [4.69, 9.17) is 0 Å². The molecule has 0 saturated carbocycles. The van der Waals surface area contributed by atoms with Crippen molar-refractivity contribution in [3.8, 4) is 0 Å². The maximum Gasteiger partial charge on any atom is 0.251 e. The topological polar surface area (TPSA) is 66.5 Å². The second-order valence-corrected chi connectivity index (χ2v) is 10.4. The zero-order chi connectivity index (χ0) is 24.2. The highest BCUT2D eigenvalue weighted by Crippen LogP contribution is 2.24. The number of hydrogen-bond acceptors (Lipinski definition) is 3. The van der Waals surface area contributed by atoms with Crippen molar-refractivity contribution in [2.45, 2.75) is 58.9 Å². The van der Waals surface area contributed by atoms with Gasteiger partial charge in [0.25, 0.3) is 5.91 Å². The highest BCUT2D eigenvalue weighted by Gasteiger charge is 2.33. The molecule has 2 aromatic rings. The van der Waals surface area contributed by atoms with Crippen LogP contribution in [0.4, 0.5) is 0 Å². The molecule has 2 amide bonds. The lowest BCUT2D eigenvalue weighted by atomic mass is 9.86. The van der Waals surface area contributed by atoms with Crippen LogP contribution in [0.3, 0.4) is 0 Å². The predicted octanol–water partition coefficient (Wildman–Crippen LogP) is 4.86. The van der Waals surface area contributed by atoms with E-state index in [2.05, 4.69) is 26.1 Å². The van der Waals surface area contributed by atoms with Crippen molar-refractivity contribution in [2.24, 2.45) is 11.8 Å². The number of nitrogens with one attached hydrogen (secondary N) is 1. The summed E-state index contributed by atoms with van der Waals surface area (Å²) < 4.78 is 0. The first-order valence-electron chi connectivity index (χ1n) is 11.9. The van der Waals surface area contributed by atoms with Crippen LogP contribution < -0.4 is 5.32 Å². The molecule has 1 atom stereocenters. The number of rotatable bonds is 6. The van der Waals surface area contributed by atoms with Crippen LogP contribution in [0, 0.1) is 11.8 Å². The van der Waals surface area contributed by atoms with E-state index in [0.29, 0.717) is 31.5 Å². The molecular weight excluding hydrogens is 412 g/mol. The lowest BCUT2D eigenvalue weighted by Crippen LogP contribution is -2.53. The standard InChI is InChI=1S/C28H36N2O3/c1-19(2)24(29-26(32)22-11-13-23(14-12-22)28(3,4)5)27(33)30-17-15-21(16-18-30)25(31)20-9-7-6-8-10-20/h6-14,19,21,24H,15-18H2,1-5H3,(H,29,32)/t24-/m1/s1. The molecule has 2 aromatic carbocycles. The Labute approximate surface area is 197 Å². The summed E-state index contributed by atoms with van der Waals surface area (Å²) in [4.78, 5) is 40.7. The van der Waals surface area contributed by atoms with Crippen LogP contribution in [0.25, 0.3) is 0 Å². The van der Waals surface area contributed by atoms with Crippen molar-refractivity contribution in [3.05, 3.63) is 71.3 Å². The lowest BCUT2D eigenvalue weighted by molar-refractivity contribution is -0.135. The number of carbonyl (C=O) groups excluding carboxylic acids is 3. The number of nitrogens with zero attached hydrogens (tertiary/aromatic N) is 1. The highest BCUT2D eigenvalue weighted by molar-refractivity contribution is 5.99. The quantitative estimate of drug-likeness (QED) is 0.642.